The van der Waals surface area contributed by atoms with E-state index in [0.717, 1.165) is 5.06 Å². The summed E-state index contributed by atoms with van der Waals surface area (Å²) < 4.78 is 5.24. The number of hydrogen-bond donors (Lipinski definition) is 1. The van der Waals surface area contributed by atoms with Crippen LogP contribution in [0, 0.1) is 0 Å². The zero-order valence-electron chi connectivity index (χ0n) is 15.3. The molecule has 0 aromatic rings. The molecule has 0 saturated heterocycles. The molecular weight excluding hydrogens is 316 g/mol. The molecule has 24 heavy (non-hydrogen) atoms. The number of ether oxygens (including phenoxy) is 1. The largest absolute Gasteiger partial charge is 0.481 e. The van der Waals surface area contributed by atoms with E-state index in [-0.39, 0.29) is 13.0 Å². The van der Waals surface area contributed by atoms with Crippen LogP contribution in [0.1, 0.15) is 60.3 Å². The van der Waals surface area contributed by atoms with Gasteiger partial charge in [0.25, 0.3) is 0 Å². The number of aliphatic carboxylic acids is 1. The van der Waals surface area contributed by atoms with Crippen molar-refractivity contribution in [2.75, 3.05) is 19.6 Å². The van der Waals surface area contributed by atoms with Gasteiger partial charge in [-0.05, 0) is 47.5 Å². The highest BCUT2D eigenvalue weighted by Crippen LogP contribution is 2.12. The van der Waals surface area contributed by atoms with Crippen LogP contribution in [-0.4, -0.2) is 58.5 Å². The van der Waals surface area contributed by atoms with Gasteiger partial charge in [-0.3, -0.25) is 4.79 Å². The van der Waals surface area contributed by atoms with Gasteiger partial charge >= 0.3 is 18.2 Å². The third-order valence-electron chi connectivity index (χ3n) is 3.06. The van der Waals surface area contributed by atoms with E-state index in [1.807, 2.05) is 13.8 Å². The van der Waals surface area contributed by atoms with E-state index in [2.05, 4.69) is 0 Å². The molecule has 2 amide bonds. The minimum atomic E-state index is -0.855. The molecule has 0 heterocycles. The van der Waals surface area contributed by atoms with Gasteiger partial charge in [0.05, 0.1) is 6.54 Å². The number of carbonyl (C=O) groups excluding carboxylic acids is 2. The average Bonchev–Trinajstić information content (AvgIpc) is 2.44. The number of nitrogens with zero attached hydrogens (tertiary/aromatic N) is 2. The first-order chi connectivity index (χ1) is 11.1. The van der Waals surface area contributed by atoms with Crippen molar-refractivity contribution in [2.24, 2.45) is 0 Å². The number of unbranched alkanes of at least 4 members (excludes halogenated alkanes) is 2. The van der Waals surface area contributed by atoms with Crippen LogP contribution in [0.5, 0.6) is 0 Å². The van der Waals surface area contributed by atoms with Gasteiger partial charge in [0.1, 0.15) is 5.60 Å². The zero-order valence-corrected chi connectivity index (χ0v) is 15.3. The van der Waals surface area contributed by atoms with Crippen molar-refractivity contribution >= 4 is 18.2 Å². The monoisotopic (exact) mass is 346 g/mol. The van der Waals surface area contributed by atoms with E-state index < -0.39 is 23.8 Å². The lowest BCUT2D eigenvalue weighted by atomic mass is 10.2. The summed E-state index contributed by atoms with van der Waals surface area (Å²) in [7, 11) is 0. The average molecular weight is 346 g/mol. The van der Waals surface area contributed by atoms with E-state index in [0.29, 0.717) is 32.4 Å². The topological polar surface area (TPSA) is 96.4 Å². The fraction of sp³-hybridized carbons (Fsp3) is 0.812. The molecule has 8 heteroatoms. The van der Waals surface area contributed by atoms with E-state index in [1.165, 1.54) is 4.90 Å². The number of carboxylic acids is 1. The second-order valence-electron chi connectivity index (χ2n) is 6.32. The van der Waals surface area contributed by atoms with Gasteiger partial charge in [-0.15, -0.1) is 5.06 Å². The lowest BCUT2D eigenvalue weighted by Gasteiger charge is -2.28. The maximum Gasteiger partial charge on any atom is 0.443 e. The van der Waals surface area contributed by atoms with Crippen LogP contribution >= 0.6 is 0 Å². The number of hydroxylamine groups is 2. The second-order valence-corrected chi connectivity index (χ2v) is 6.32. The molecule has 0 fully saturated rings. The molecule has 140 valence electrons. The Labute approximate surface area is 143 Å². The minimum absolute atomic E-state index is 0.0751. The summed E-state index contributed by atoms with van der Waals surface area (Å²) in [6, 6.07) is 0. The Morgan fingerprint density at radius 2 is 1.54 bits per heavy atom. The standard InChI is InChI=1S/C16H30N2O6/c1-6-17(7-2)14(21)24-18(15(22)23-16(3,4)5)12-10-8-9-11-13(19)20/h6-12H2,1-5H3,(H,19,20). The number of carbonyl (C=O) groups is 3. The normalized spacial score (nSPS) is 10.9. The summed E-state index contributed by atoms with van der Waals surface area (Å²) in [5.41, 5.74) is -0.708. The van der Waals surface area contributed by atoms with Crippen molar-refractivity contribution in [3.63, 3.8) is 0 Å². The number of hydrogen-bond acceptors (Lipinski definition) is 5. The van der Waals surface area contributed by atoms with Gasteiger partial charge in [0.15, 0.2) is 0 Å². The molecule has 1 N–H and O–H groups in total. The molecule has 0 aromatic carbocycles. The minimum Gasteiger partial charge on any atom is -0.481 e. The molecule has 0 bridgehead atoms. The molecular formula is C16H30N2O6. The Kier molecular flexibility index (Phi) is 9.83. The predicted octanol–water partition coefficient (Wildman–Crippen LogP) is 3.26. The highest BCUT2D eigenvalue weighted by molar-refractivity contribution is 5.72. The number of carboxylic acid groups (broad SMARTS) is 1. The fourth-order valence-corrected chi connectivity index (χ4v) is 1.83. The molecule has 0 aromatic heterocycles. The molecule has 0 spiro atoms. The first-order valence-corrected chi connectivity index (χ1v) is 8.29. The van der Waals surface area contributed by atoms with Crippen LogP contribution in [0.4, 0.5) is 9.59 Å². The van der Waals surface area contributed by atoms with Gasteiger partial charge in [-0.25, -0.2) is 9.59 Å². The van der Waals surface area contributed by atoms with Crippen LogP contribution in [0.2, 0.25) is 0 Å². The molecule has 8 nitrogen and oxygen atoms in total. The number of rotatable bonds is 8. The molecule has 0 rings (SSSR count). The smallest absolute Gasteiger partial charge is 0.443 e. The summed E-state index contributed by atoms with van der Waals surface area (Å²) in [6.45, 7) is 9.89. The van der Waals surface area contributed by atoms with Crippen LogP contribution in [0.25, 0.3) is 0 Å². The first-order valence-electron chi connectivity index (χ1n) is 8.29. The molecule has 0 saturated carbocycles. The first kappa shape index (κ1) is 22.0. The van der Waals surface area contributed by atoms with Gasteiger partial charge in [0, 0.05) is 19.5 Å². The van der Waals surface area contributed by atoms with Crippen LogP contribution in [0.15, 0.2) is 0 Å². The van der Waals surface area contributed by atoms with Gasteiger partial charge in [-0.2, -0.15) is 0 Å². The lowest BCUT2D eigenvalue weighted by Crippen LogP contribution is -2.42. The Bertz CT molecular complexity index is 415. The van der Waals surface area contributed by atoms with Crippen LogP contribution in [-0.2, 0) is 14.4 Å². The number of amides is 2. The lowest BCUT2D eigenvalue weighted by molar-refractivity contribution is -0.137. The predicted molar refractivity (Wildman–Crippen MR) is 88.4 cm³/mol. The van der Waals surface area contributed by atoms with Gasteiger partial charge in [-0.1, -0.05) is 6.42 Å². The van der Waals surface area contributed by atoms with Crippen molar-refractivity contribution in [1.82, 2.24) is 9.96 Å². The van der Waals surface area contributed by atoms with Crippen LogP contribution < -0.4 is 0 Å². The highest BCUT2D eigenvalue weighted by atomic mass is 16.8. The molecule has 0 aliphatic rings. The Hall–Kier alpha value is -1.99. The SMILES string of the molecule is CCN(CC)C(=O)ON(CCCCCC(=O)O)C(=O)OC(C)(C)C. The second kappa shape index (κ2) is 10.7. The van der Waals surface area contributed by atoms with Crippen LogP contribution in [0.3, 0.4) is 0 Å². The highest BCUT2D eigenvalue weighted by Gasteiger charge is 2.26. The summed E-state index contributed by atoms with van der Waals surface area (Å²) >= 11 is 0. The molecule has 0 unspecified atom stereocenters. The van der Waals surface area contributed by atoms with E-state index in [1.54, 1.807) is 20.8 Å². The van der Waals surface area contributed by atoms with E-state index in [9.17, 15) is 14.4 Å². The quantitative estimate of drug-likeness (QED) is 0.535. The van der Waals surface area contributed by atoms with Gasteiger partial charge < -0.3 is 19.6 Å². The summed E-state index contributed by atoms with van der Waals surface area (Å²) in [6.07, 6.45) is 0.345. The maximum absolute atomic E-state index is 12.2. The van der Waals surface area contributed by atoms with Crippen molar-refractivity contribution < 1.29 is 29.1 Å². The van der Waals surface area contributed by atoms with Crippen molar-refractivity contribution in [2.45, 2.75) is 65.9 Å². The maximum atomic E-state index is 12.2. The summed E-state index contributed by atoms with van der Waals surface area (Å²) in [5, 5.41) is 9.52. The Morgan fingerprint density at radius 1 is 0.958 bits per heavy atom. The van der Waals surface area contributed by atoms with E-state index >= 15 is 0 Å². The summed E-state index contributed by atoms with van der Waals surface area (Å²) in [4.78, 5) is 41.3. The summed E-state index contributed by atoms with van der Waals surface area (Å²) in [5.74, 6) is -0.855. The fourth-order valence-electron chi connectivity index (χ4n) is 1.83. The Morgan fingerprint density at radius 3 is 2.00 bits per heavy atom. The third kappa shape index (κ3) is 9.91. The van der Waals surface area contributed by atoms with Crippen molar-refractivity contribution in [1.29, 1.82) is 0 Å². The van der Waals surface area contributed by atoms with E-state index in [4.69, 9.17) is 14.7 Å². The molecule has 0 radical (unpaired) electrons. The van der Waals surface area contributed by atoms with Gasteiger partial charge in [0.2, 0.25) is 0 Å². The molecule has 0 atom stereocenters. The third-order valence-corrected chi connectivity index (χ3v) is 3.06. The van der Waals surface area contributed by atoms with Crippen molar-refractivity contribution in [3.05, 3.63) is 0 Å². The van der Waals surface area contributed by atoms with Crippen molar-refractivity contribution in [3.8, 4) is 0 Å². The zero-order chi connectivity index (χ0) is 18.8. The molecule has 0 aliphatic heterocycles. The molecule has 0 aliphatic carbocycles. The Balaban J connectivity index is 4.67.